The quantitative estimate of drug-likeness (QED) is 0.787. The number of benzene rings is 1. The zero-order chi connectivity index (χ0) is 11.2. The molecule has 0 bridgehead atoms. The Kier molecular flexibility index (Phi) is 2.26. The Hall–Kier alpha value is -1.03. The highest BCUT2D eigenvalue weighted by atomic mass is 79.9. The van der Waals surface area contributed by atoms with Gasteiger partial charge in [0.1, 0.15) is 5.75 Å². The minimum Gasteiger partial charge on any atom is -0.476 e. The third-order valence-electron chi connectivity index (χ3n) is 2.41. The summed E-state index contributed by atoms with van der Waals surface area (Å²) in [6.07, 6.45) is 0. The normalized spacial score (nSPS) is 17.7. The fourth-order valence-electron chi connectivity index (χ4n) is 1.54. The van der Waals surface area contributed by atoms with Crippen LogP contribution in [0.15, 0.2) is 16.6 Å². The maximum Gasteiger partial charge on any atom is 0.268 e. The van der Waals surface area contributed by atoms with Crippen molar-refractivity contribution in [2.75, 3.05) is 5.32 Å². The molecule has 1 heterocycles. The zero-order valence-corrected chi connectivity index (χ0v) is 10.4. The molecule has 15 heavy (non-hydrogen) atoms. The lowest BCUT2D eigenvalue weighted by Gasteiger charge is -2.32. The maximum atomic E-state index is 11.7. The molecule has 0 fully saturated rings. The summed E-state index contributed by atoms with van der Waals surface area (Å²) in [6.45, 7) is 5.44. The molecule has 0 aromatic heterocycles. The van der Waals surface area contributed by atoms with Crippen molar-refractivity contribution < 1.29 is 9.53 Å². The van der Waals surface area contributed by atoms with Gasteiger partial charge in [0.05, 0.1) is 5.69 Å². The van der Waals surface area contributed by atoms with Crippen molar-refractivity contribution in [3.8, 4) is 5.75 Å². The highest BCUT2D eigenvalue weighted by molar-refractivity contribution is 9.10. The molecule has 1 aromatic rings. The fraction of sp³-hybridized carbons (Fsp3) is 0.364. The van der Waals surface area contributed by atoms with Gasteiger partial charge in [-0.1, -0.05) is 15.9 Å². The van der Waals surface area contributed by atoms with Crippen LogP contribution in [0.25, 0.3) is 0 Å². The number of nitrogens with one attached hydrogen (secondary N) is 1. The van der Waals surface area contributed by atoms with Gasteiger partial charge >= 0.3 is 0 Å². The van der Waals surface area contributed by atoms with Crippen LogP contribution in [0.4, 0.5) is 5.69 Å². The predicted molar refractivity (Wildman–Crippen MR) is 62.2 cm³/mol. The molecule has 1 aromatic carbocycles. The Morgan fingerprint density at radius 1 is 1.40 bits per heavy atom. The lowest BCUT2D eigenvalue weighted by atomic mass is 10.0. The molecule has 0 spiro atoms. The van der Waals surface area contributed by atoms with E-state index in [0.29, 0.717) is 5.75 Å². The van der Waals surface area contributed by atoms with Gasteiger partial charge in [0.15, 0.2) is 5.60 Å². The topological polar surface area (TPSA) is 38.3 Å². The monoisotopic (exact) mass is 269 g/mol. The highest BCUT2D eigenvalue weighted by Gasteiger charge is 2.35. The van der Waals surface area contributed by atoms with Gasteiger partial charge in [-0.3, -0.25) is 4.79 Å². The third-order valence-corrected chi connectivity index (χ3v) is 2.87. The smallest absolute Gasteiger partial charge is 0.268 e. The van der Waals surface area contributed by atoms with Crippen molar-refractivity contribution in [2.24, 2.45) is 0 Å². The number of hydrogen-bond acceptors (Lipinski definition) is 2. The molecule has 0 radical (unpaired) electrons. The van der Waals surface area contributed by atoms with Gasteiger partial charge in [-0.2, -0.15) is 0 Å². The molecule has 1 aliphatic heterocycles. The zero-order valence-electron chi connectivity index (χ0n) is 8.85. The van der Waals surface area contributed by atoms with Gasteiger partial charge in [0.25, 0.3) is 5.91 Å². The van der Waals surface area contributed by atoms with Crippen LogP contribution in [0.3, 0.4) is 0 Å². The number of rotatable bonds is 0. The van der Waals surface area contributed by atoms with E-state index >= 15 is 0 Å². The molecule has 4 heteroatoms. The number of ether oxygens (including phenoxy) is 1. The SMILES string of the molecule is Cc1cc(Br)cc2c1NC(=O)C(C)(C)O2. The molecule has 0 saturated carbocycles. The van der Waals surface area contributed by atoms with Crippen LogP contribution in [0, 0.1) is 6.92 Å². The molecule has 0 unspecified atom stereocenters. The minimum atomic E-state index is -0.805. The molecule has 1 aliphatic rings. The van der Waals surface area contributed by atoms with E-state index in [0.717, 1.165) is 15.7 Å². The summed E-state index contributed by atoms with van der Waals surface area (Å²) < 4.78 is 6.60. The summed E-state index contributed by atoms with van der Waals surface area (Å²) >= 11 is 3.40. The first kappa shape index (κ1) is 10.5. The van der Waals surface area contributed by atoms with Crippen molar-refractivity contribution in [3.63, 3.8) is 0 Å². The van der Waals surface area contributed by atoms with E-state index in [1.165, 1.54) is 0 Å². The van der Waals surface area contributed by atoms with Crippen molar-refractivity contribution in [2.45, 2.75) is 26.4 Å². The lowest BCUT2D eigenvalue weighted by Crippen LogP contribution is -2.45. The van der Waals surface area contributed by atoms with Crippen LogP contribution >= 0.6 is 15.9 Å². The molecule has 1 N–H and O–H groups in total. The lowest BCUT2D eigenvalue weighted by molar-refractivity contribution is -0.129. The van der Waals surface area contributed by atoms with Gasteiger partial charge in [0.2, 0.25) is 0 Å². The largest absolute Gasteiger partial charge is 0.476 e. The van der Waals surface area contributed by atoms with Crippen LogP contribution < -0.4 is 10.1 Å². The van der Waals surface area contributed by atoms with Crippen molar-refractivity contribution >= 4 is 27.5 Å². The molecule has 1 amide bonds. The summed E-state index contributed by atoms with van der Waals surface area (Å²) in [5.74, 6) is 0.604. The van der Waals surface area contributed by atoms with Crippen LogP contribution in [-0.4, -0.2) is 11.5 Å². The number of fused-ring (bicyclic) bond motifs is 1. The molecular formula is C11H12BrNO2. The van der Waals surface area contributed by atoms with E-state index < -0.39 is 5.60 Å². The Morgan fingerprint density at radius 2 is 2.07 bits per heavy atom. The summed E-state index contributed by atoms with van der Waals surface area (Å²) in [4.78, 5) is 11.7. The Morgan fingerprint density at radius 3 is 2.73 bits per heavy atom. The number of carbonyl (C=O) groups excluding carboxylic acids is 1. The Labute approximate surface area is 96.9 Å². The van der Waals surface area contributed by atoms with Gasteiger partial charge < -0.3 is 10.1 Å². The van der Waals surface area contributed by atoms with Crippen molar-refractivity contribution in [1.82, 2.24) is 0 Å². The second-order valence-electron chi connectivity index (χ2n) is 4.16. The van der Waals surface area contributed by atoms with E-state index in [1.54, 1.807) is 13.8 Å². The van der Waals surface area contributed by atoms with Crippen LogP contribution in [0.5, 0.6) is 5.75 Å². The second kappa shape index (κ2) is 3.23. The van der Waals surface area contributed by atoms with Crippen molar-refractivity contribution in [3.05, 3.63) is 22.2 Å². The van der Waals surface area contributed by atoms with Crippen molar-refractivity contribution in [1.29, 1.82) is 0 Å². The van der Waals surface area contributed by atoms with Crippen LogP contribution in [0.2, 0.25) is 0 Å². The molecule has 0 saturated heterocycles. The summed E-state index contributed by atoms with van der Waals surface area (Å²) in [6, 6.07) is 3.81. The molecule has 2 rings (SSSR count). The van der Waals surface area contributed by atoms with Crippen LogP contribution in [0.1, 0.15) is 19.4 Å². The van der Waals surface area contributed by atoms with Crippen LogP contribution in [-0.2, 0) is 4.79 Å². The van der Waals surface area contributed by atoms with E-state index in [1.807, 2.05) is 19.1 Å². The number of halogens is 1. The Bertz CT molecular complexity index is 440. The third kappa shape index (κ3) is 1.74. The summed E-state index contributed by atoms with van der Waals surface area (Å²) in [7, 11) is 0. The standard InChI is InChI=1S/C11H12BrNO2/c1-6-4-7(12)5-8-9(6)13-10(14)11(2,3)15-8/h4-5H,1-3H3,(H,13,14). The average Bonchev–Trinajstić information content (AvgIpc) is 2.08. The fourth-order valence-corrected chi connectivity index (χ4v) is 2.09. The predicted octanol–water partition coefficient (Wildman–Crippen LogP) is 2.87. The molecule has 80 valence electrons. The minimum absolute atomic E-state index is 0.111. The first-order chi connectivity index (χ1) is 6.90. The van der Waals surface area contributed by atoms with Gasteiger partial charge in [-0.15, -0.1) is 0 Å². The van der Waals surface area contributed by atoms with E-state index in [4.69, 9.17) is 4.74 Å². The van der Waals surface area contributed by atoms with E-state index in [9.17, 15) is 4.79 Å². The summed E-state index contributed by atoms with van der Waals surface area (Å²) in [5.41, 5.74) is 0.950. The first-order valence-electron chi connectivity index (χ1n) is 4.71. The Balaban J connectivity index is 2.55. The number of hydrogen-bond donors (Lipinski definition) is 1. The summed E-state index contributed by atoms with van der Waals surface area (Å²) in [5, 5.41) is 2.86. The van der Waals surface area contributed by atoms with E-state index in [-0.39, 0.29) is 5.91 Å². The first-order valence-corrected chi connectivity index (χ1v) is 5.50. The average molecular weight is 270 g/mol. The molecule has 0 aliphatic carbocycles. The number of anilines is 1. The highest BCUT2D eigenvalue weighted by Crippen LogP contribution is 2.38. The van der Waals surface area contributed by atoms with Gasteiger partial charge in [-0.25, -0.2) is 0 Å². The number of aryl methyl sites for hydroxylation is 1. The van der Waals surface area contributed by atoms with Gasteiger partial charge in [-0.05, 0) is 38.5 Å². The second-order valence-corrected chi connectivity index (χ2v) is 5.08. The maximum absolute atomic E-state index is 11.7. The molecule has 3 nitrogen and oxygen atoms in total. The number of carbonyl (C=O) groups is 1. The van der Waals surface area contributed by atoms with E-state index in [2.05, 4.69) is 21.2 Å². The number of amides is 1. The van der Waals surface area contributed by atoms with Gasteiger partial charge in [0, 0.05) is 4.47 Å². The molecule has 0 atom stereocenters. The molecular weight excluding hydrogens is 258 g/mol.